The van der Waals surface area contributed by atoms with Gasteiger partial charge in [-0.2, -0.15) is 0 Å². The number of benzene rings is 1. The Morgan fingerprint density at radius 3 is 2.68 bits per heavy atom. The quantitative estimate of drug-likeness (QED) is 0.884. The molecule has 6 heteroatoms. The number of fused-ring (bicyclic) bond motifs is 4. The fraction of sp³-hybridized carbons (Fsp3) is 0.455. The van der Waals surface area contributed by atoms with E-state index in [1.165, 1.54) is 0 Å². The molecule has 2 aliphatic rings. The Balaban J connectivity index is 1.62. The molecule has 0 radical (unpaired) electrons. The van der Waals surface area contributed by atoms with Crippen molar-refractivity contribution >= 4 is 11.6 Å². The Hall–Kier alpha value is -2.60. The van der Waals surface area contributed by atoms with Gasteiger partial charge in [0.05, 0.1) is 5.56 Å². The minimum atomic E-state index is 0.0691. The number of anilines is 1. The molecule has 1 amide bonds. The zero-order valence-electron chi connectivity index (χ0n) is 16.8. The van der Waals surface area contributed by atoms with Gasteiger partial charge in [0.15, 0.2) is 0 Å². The highest BCUT2D eigenvalue weighted by Gasteiger charge is 2.37. The lowest BCUT2D eigenvalue weighted by molar-refractivity contribution is 0.0595. The first-order valence-electron chi connectivity index (χ1n) is 9.91. The molecule has 1 saturated heterocycles. The summed E-state index contributed by atoms with van der Waals surface area (Å²) >= 11 is 0. The molecule has 0 saturated carbocycles. The van der Waals surface area contributed by atoms with Crippen LogP contribution in [0.1, 0.15) is 34.0 Å². The lowest BCUT2D eigenvalue weighted by atomic mass is 9.82. The van der Waals surface area contributed by atoms with Crippen molar-refractivity contribution in [3.63, 3.8) is 0 Å². The molecule has 0 unspecified atom stereocenters. The summed E-state index contributed by atoms with van der Waals surface area (Å²) in [5, 5.41) is 3.11. The first-order chi connectivity index (χ1) is 13.5. The predicted molar refractivity (Wildman–Crippen MR) is 111 cm³/mol. The maximum absolute atomic E-state index is 13.2. The number of amides is 1. The minimum Gasteiger partial charge on any atom is -0.387 e. The van der Waals surface area contributed by atoms with E-state index >= 15 is 0 Å². The van der Waals surface area contributed by atoms with Gasteiger partial charge in [0, 0.05) is 56.1 Å². The first kappa shape index (κ1) is 18.7. The van der Waals surface area contributed by atoms with Gasteiger partial charge in [0.2, 0.25) is 0 Å². The van der Waals surface area contributed by atoms with Gasteiger partial charge in [-0.3, -0.25) is 9.59 Å². The second-order valence-electron chi connectivity index (χ2n) is 8.24. The summed E-state index contributed by atoms with van der Waals surface area (Å²) in [6.07, 6.45) is 1.05. The average molecular weight is 380 g/mol. The molecular weight excluding hydrogens is 352 g/mol. The summed E-state index contributed by atoms with van der Waals surface area (Å²) in [5.41, 5.74) is 3.60. The molecular formula is C22H28N4O2. The molecule has 28 heavy (non-hydrogen) atoms. The van der Waals surface area contributed by atoms with Crippen molar-refractivity contribution in [3.05, 3.63) is 63.6 Å². The molecule has 0 aliphatic carbocycles. The fourth-order valence-electron chi connectivity index (χ4n) is 4.68. The second-order valence-corrected chi connectivity index (χ2v) is 8.24. The topological polar surface area (TPSA) is 57.6 Å². The molecule has 4 rings (SSSR count). The number of piperidine rings is 1. The lowest BCUT2D eigenvalue weighted by Crippen LogP contribution is -2.49. The van der Waals surface area contributed by atoms with Gasteiger partial charge >= 0.3 is 0 Å². The number of pyridine rings is 1. The summed E-state index contributed by atoms with van der Waals surface area (Å²) in [6.45, 7) is 2.72. The molecule has 1 aromatic carbocycles. The second kappa shape index (κ2) is 7.43. The molecule has 1 N–H and O–H groups in total. The van der Waals surface area contributed by atoms with Gasteiger partial charge < -0.3 is 19.7 Å². The Labute approximate surface area is 165 Å². The number of para-hydroxylation sites is 1. The van der Waals surface area contributed by atoms with E-state index in [1.54, 1.807) is 0 Å². The summed E-state index contributed by atoms with van der Waals surface area (Å²) in [6, 6.07) is 11.7. The first-order valence-corrected chi connectivity index (χ1v) is 9.91. The summed E-state index contributed by atoms with van der Waals surface area (Å²) in [7, 11) is 5.79. The number of carbonyl (C=O) groups is 1. The maximum Gasteiger partial charge on any atom is 0.255 e. The summed E-state index contributed by atoms with van der Waals surface area (Å²) in [5.74, 6) is 0.614. The fourth-order valence-corrected chi connectivity index (χ4v) is 4.68. The third-order valence-electron chi connectivity index (χ3n) is 5.88. The standard InChI is InChI=1S/C22H28N4O2/c1-23-19-7-5-4-6-18(19)22(28)25-11-15-10-17(14-25)20-9-8-16(13-24(2)3)21(27)26(20)12-15/h4-9,15,17,23H,10-14H2,1-3H3/t15-,17+/m0/s1. The van der Waals surface area contributed by atoms with Gasteiger partial charge in [0.25, 0.3) is 11.5 Å². The van der Waals surface area contributed by atoms with Crippen LogP contribution in [0.2, 0.25) is 0 Å². The monoisotopic (exact) mass is 380 g/mol. The van der Waals surface area contributed by atoms with Gasteiger partial charge in [0.1, 0.15) is 0 Å². The van der Waals surface area contributed by atoms with E-state index in [-0.39, 0.29) is 17.4 Å². The van der Waals surface area contributed by atoms with Crippen LogP contribution in [0.25, 0.3) is 0 Å². The third-order valence-corrected chi connectivity index (χ3v) is 5.88. The number of nitrogens with one attached hydrogen (secondary N) is 1. The Kier molecular flexibility index (Phi) is 4.98. The van der Waals surface area contributed by atoms with Crippen LogP contribution >= 0.6 is 0 Å². The highest BCUT2D eigenvalue weighted by molar-refractivity contribution is 5.99. The van der Waals surface area contributed by atoms with E-state index in [2.05, 4.69) is 11.4 Å². The Morgan fingerprint density at radius 1 is 1.14 bits per heavy atom. The Bertz CT molecular complexity index is 950. The van der Waals surface area contributed by atoms with Crippen LogP contribution in [0.15, 0.2) is 41.2 Å². The number of aromatic nitrogens is 1. The zero-order valence-corrected chi connectivity index (χ0v) is 16.8. The van der Waals surface area contributed by atoms with Gasteiger partial charge in [-0.25, -0.2) is 0 Å². The van der Waals surface area contributed by atoms with Gasteiger partial charge in [-0.05, 0) is 44.6 Å². The van der Waals surface area contributed by atoms with E-state index in [0.29, 0.717) is 37.7 Å². The van der Waals surface area contributed by atoms with Gasteiger partial charge in [-0.1, -0.05) is 18.2 Å². The number of hydrogen-bond acceptors (Lipinski definition) is 4. The molecule has 2 atom stereocenters. The van der Waals surface area contributed by atoms with E-state index in [9.17, 15) is 9.59 Å². The number of hydrogen-bond donors (Lipinski definition) is 1. The summed E-state index contributed by atoms with van der Waals surface area (Å²) < 4.78 is 1.96. The van der Waals surface area contributed by atoms with Crippen molar-refractivity contribution in [2.24, 2.45) is 5.92 Å². The van der Waals surface area contributed by atoms with Crippen LogP contribution in [0.3, 0.4) is 0 Å². The number of likely N-dealkylation sites (tertiary alicyclic amines) is 1. The highest BCUT2D eigenvalue weighted by atomic mass is 16.2. The largest absolute Gasteiger partial charge is 0.387 e. The number of rotatable bonds is 4. The van der Waals surface area contributed by atoms with Crippen molar-refractivity contribution < 1.29 is 4.79 Å². The van der Waals surface area contributed by atoms with Crippen molar-refractivity contribution in [1.82, 2.24) is 14.4 Å². The average Bonchev–Trinajstić information content (AvgIpc) is 2.69. The molecule has 2 bridgehead atoms. The summed E-state index contributed by atoms with van der Waals surface area (Å²) in [4.78, 5) is 30.1. The third kappa shape index (κ3) is 3.33. The van der Waals surface area contributed by atoms with Crippen LogP contribution < -0.4 is 10.9 Å². The van der Waals surface area contributed by atoms with Crippen molar-refractivity contribution in [2.45, 2.75) is 25.4 Å². The number of nitrogens with zero attached hydrogens (tertiary/aromatic N) is 3. The maximum atomic E-state index is 13.2. The SMILES string of the molecule is CNc1ccccc1C(=O)N1C[C@@H]2C[C@H](C1)c1ccc(CN(C)C)c(=O)n1C2. The molecule has 1 aromatic heterocycles. The smallest absolute Gasteiger partial charge is 0.255 e. The van der Waals surface area contributed by atoms with E-state index in [4.69, 9.17) is 0 Å². The van der Waals surface area contributed by atoms with E-state index in [0.717, 1.165) is 23.4 Å². The van der Waals surface area contributed by atoms with Crippen LogP contribution in [-0.2, 0) is 13.1 Å². The number of carbonyl (C=O) groups excluding carboxylic acids is 1. The lowest BCUT2D eigenvalue weighted by Gasteiger charge is -2.43. The van der Waals surface area contributed by atoms with Crippen LogP contribution in [0.4, 0.5) is 5.69 Å². The van der Waals surface area contributed by atoms with E-state index < -0.39 is 0 Å². The van der Waals surface area contributed by atoms with E-state index in [1.807, 2.05) is 65.8 Å². The molecule has 1 fully saturated rings. The molecule has 6 nitrogen and oxygen atoms in total. The Morgan fingerprint density at radius 2 is 1.93 bits per heavy atom. The molecule has 2 aromatic rings. The van der Waals surface area contributed by atoms with Crippen molar-refractivity contribution in [2.75, 3.05) is 39.5 Å². The van der Waals surface area contributed by atoms with Crippen LogP contribution in [-0.4, -0.2) is 54.5 Å². The normalized spacial score (nSPS) is 20.8. The van der Waals surface area contributed by atoms with Crippen molar-refractivity contribution in [1.29, 1.82) is 0 Å². The van der Waals surface area contributed by atoms with Crippen LogP contribution in [0, 0.1) is 5.92 Å². The predicted octanol–water partition coefficient (Wildman–Crippen LogP) is 2.21. The molecule has 148 valence electrons. The molecule has 2 aliphatic heterocycles. The highest BCUT2D eigenvalue weighted by Crippen LogP contribution is 2.36. The zero-order chi connectivity index (χ0) is 19.8. The van der Waals surface area contributed by atoms with Crippen LogP contribution in [0.5, 0.6) is 0 Å². The minimum absolute atomic E-state index is 0.0691. The molecule has 0 spiro atoms. The van der Waals surface area contributed by atoms with Gasteiger partial charge in [-0.15, -0.1) is 0 Å². The van der Waals surface area contributed by atoms with Crippen molar-refractivity contribution in [3.8, 4) is 0 Å². The molecule has 3 heterocycles.